The lowest BCUT2D eigenvalue weighted by molar-refractivity contribution is 0.0904. The van der Waals surface area contributed by atoms with Crippen molar-refractivity contribution in [3.05, 3.63) is 66.6 Å². The molecule has 1 N–H and O–H groups in total. The highest BCUT2D eigenvalue weighted by Gasteiger charge is 2.21. The predicted octanol–water partition coefficient (Wildman–Crippen LogP) is 4.39. The Kier molecular flexibility index (Phi) is 5.64. The minimum atomic E-state index is -3.27. The van der Waals surface area contributed by atoms with Gasteiger partial charge in [0.05, 0.1) is 10.3 Å². The predicted molar refractivity (Wildman–Crippen MR) is 130 cm³/mol. The standard InChI is InChI=1S/C25H26N4O3S/c1-17-4-3-5-20(14-17)29-15-22(18-6-8-21(9-7-18)33(2,30)31)23-24(26-16-27-25(23)29)28-19-10-12-32-13-11-19/h3-9,14-16,19H,10-13H2,1-2H3,(H,26,27,28). The summed E-state index contributed by atoms with van der Waals surface area (Å²) in [7, 11) is -3.27. The lowest BCUT2D eigenvalue weighted by Gasteiger charge is -2.24. The van der Waals surface area contributed by atoms with Gasteiger partial charge in [-0.05, 0) is 55.2 Å². The second-order valence-electron chi connectivity index (χ2n) is 8.50. The molecule has 5 rings (SSSR count). The van der Waals surface area contributed by atoms with E-state index in [4.69, 9.17) is 4.74 Å². The summed E-state index contributed by atoms with van der Waals surface area (Å²) >= 11 is 0. The third kappa shape index (κ3) is 4.36. The SMILES string of the molecule is Cc1cccc(-n2cc(-c3ccc(S(C)(=O)=O)cc3)c3c(NC4CCOCC4)ncnc32)c1. The number of hydrogen-bond donors (Lipinski definition) is 1. The number of fused-ring (bicyclic) bond motifs is 1. The maximum absolute atomic E-state index is 11.9. The number of aromatic nitrogens is 3. The molecule has 1 aliphatic heterocycles. The lowest BCUT2D eigenvalue weighted by Crippen LogP contribution is -2.28. The van der Waals surface area contributed by atoms with Crippen molar-refractivity contribution in [3.63, 3.8) is 0 Å². The van der Waals surface area contributed by atoms with Crippen molar-refractivity contribution in [1.29, 1.82) is 0 Å². The highest BCUT2D eigenvalue weighted by atomic mass is 32.2. The highest BCUT2D eigenvalue weighted by molar-refractivity contribution is 7.90. The molecule has 1 saturated heterocycles. The van der Waals surface area contributed by atoms with E-state index in [-0.39, 0.29) is 6.04 Å². The van der Waals surface area contributed by atoms with Gasteiger partial charge in [0.25, 0.3) is 0 Å². The fraction of sp³-hybridized carbons (Fsp3) is 0.280. The number of nitrogens with zero attached hydrogens (tertiary/aromatic N) is 3. The summed E-state index contributed by atoms with van der Waals surface area (Å²) in [5, 5.41) is 4.52. The van der Waals surface area contributed by atoms with Gasteiger partial charge in [0.2, 0.25) is 0 Å². The van der Waals surface area contributed by atoms with Crippen LogP contribution in [-0.2, 0) is 14.6 Å². The van der Waals surface area contributed by atoms with Crippen molar-refractivity contribution in [2.45, 2.75) is 30.7 Å². The van der Waals surface area contributed by atoms with Crippen molar-refractivity contribution in [2.24, 2.45) is 0 Å². The van der Waals surface area contributed by atoms with E-state index in [0.29, 0.717) is 4.90 Å². The molecule has 0 radical (unpaired) electrons. The first-order valence-electron chi connectivity index (χ1n) is 11.0. The average molecular weight is 463 g/mol. The van der Waals surface area contributed by atoms with Crippen LogP contribution in [0.3, 0.4) is 0 Å². The van der Waals surface area contributed by atoms with Gasteiger partial charge in [-0.15, -0.1) is 0 Å². The van der Waals surface area contributed by atoms with E-state index in [2.05, 4.69) is 51.2 Å². The van der Waals surface area contributed by atoms with Gasteiger partial charge in [-0.25, -0.2) is 18.4 Å². The van der Waals surface area contributed by atoms with E-state index >= 15 is 0 Å². The molecular formula is C25H26N4O3S. The molecule has 33 heavy (non-hydrogen) atoms. The van der Waals surface area contributed by atoms with Crippen molar-refractivity contribution in [2.75, 3.05) is 24.8 Å². The Balaban J connectivity index is 1.69. The summed E-state index contributed by atoms with van der Waals surface area (Å²) in [6.07, 6.45) is 6.70. The summed E-state index contributed by atoms with van der Waals surface area (Å²) in [5.74, 6) is 0.778. The van der Waals surface area contributed by atoms with Crippen LogP contribution in [0.25, 0.3) is 27.8 Å². The molecule has 1 aliphatic rings. The molecule has 4 aromatic rings. The van der Waals surface area contributed by atoms with Crippen LogP contribution in [0, 0.1) is 6.92 Å². The molecule has 170 valence electrons. The number of sulfone groups is 1. The number of aryl methyl sites for hydroxylation is 1. The second kappa shape index (κ2) is 8.61. The molecule has 0 amide bonds. The highest BCUT2D eigenvalue weighted by Crippen LogP contribution is 2.36. The molecular weight excluding hydrogens is 436 g/mol. The molecule has 0 aliphatic carbocycles. The third-order valence-electron chi connectivity index (χ3n) is 6.02. The molecule has 0 atom stereocenters. The summed E-state index contributed by atoms with van der Waals surface area (Å²) in [5.41, 5.74) is 4.82. The van der Waals surface area contributed by atoms with Crippen molar-refractivity contribution >= 4 is 26.7 Å². The van der Waals surface area contributed by atoms with Gasteiger partial charge in [0.1, 0.15) is 12.1 Å². The van der Waals surface area contributed by atoms with E-state index in [0.717, 1.165) is 65.3 Å². The number of anilines is 1. The molecule has 0 saturated carbocycles. The first-order valence-corrected chi connectivity index (χ1v) is 12.9. The van der Waals surface area contributed by atoms with Gasteiger partial charge >= 0.3 is 0 Å². The van der Waals surface area contributed by atoms with E-state index in [9.17, 15) is 8.42 Å². The average Bonchev–Trinajstić information content (AvgIpc) is 3.20. The number of nitrogens with one attached hydrogen (secondary N) is 1. The van der Waals surface area contributed by atoms with Crippen LogP contribution in [-0.4, -0.2) is 48.5 Å². The number of ether oxygens (including phenoxy) is 1. The monoisotopic (exact) mass is 462 g/mol. The smallest absolute Gasteiger partial charge is 0.175 e. The summed E-state index contributed by atoms with van der Waals surface area (Å²) in [6.45, 7) is 3.53. The molecule has 0 spiro atoms. The molecule has 0 unspecified atom stereocenters. The molecule has 2 aromatic heterocycles. The Hall–Kier alpha value is -3.23. The van der Waals surface area contributed by atoms with E-state index < -0.39 is 9.84 Å². The second-order valence-corrected chi connectivity index (χ2v) is 10.5. The van der Waals surface area contributed by atoms with Crippen LogP contribution in [0.2, 0.25) is 0 Å². The van der Waals surface area contributed by atoms with Gasteiger partial charge in [-0.2, -0.15) is 0 Å². The summed E-state index contributed by atoms with van der Waals surface area (Å²) in [4.78, 5) is 9.53. The molecule has 3 heterocycles. The fourth-order valence-corrected chi connectivity index (χ4v) is 4.91. The Bertz CT molecular complexity index is 1410. The number of hydrogen-bond acceptors (Lipinski definition) is 6. The fourth-order valence-electron chi connectivity index (χ4n) is 4.28. The summed E-state index contributed by atoms with van der Waals surface area (Å²) in [6, 6.07) is 15.5. The first kappa shape index (κ1) is 21.6. The van der Waals surface area contributed by atoms with Gasteiger partial charge < -0.3 is 14.6 Å². The zero-order valence-corrected chi connectivity index (χ0v) is 19.5. The maximum atomic E-state index is 11.9. The van der Waals surface area contributed by atoms with Crippen LogP contribution in [0.5, 0.6) is 0 Å². The van der Waals surface area contributed by atoms with Crippen molar-refractivity contribution < 1.29 is 13.2 Å². The first-order chi connectivity index (χ1) is 15.9. The van der Waals surface area contributed by atoms with Gasteiger partial charge in [0.15, 0.2) is 15.5 Å². The van der Waals surface area contributed by atoms with Crippen LogP contribution >= 0.6 is 0 Å². The molecule has 1 fully saturated rings. The van der Waals surface area contributed by atoms with E-state index in [1.54, 1.807) is 18.5 Å². The van der Waals surface area contributed by atoms with Crippen LogP contribution in [0.15, 0.2) is 66.0 Å². The number of rotatable bonds is 5. The number of benzene rings is 2. The quantitative estimate of drug-likeness (QED) is 0.473. The topological polar surface area (TPSA) is 86.1 Å². The molecule has 7 nitrogen and oxygen atoms in total. The largest absolute Gasteiger partial charge is 0.381 e. The van der Waals surface area contributed by atoms with Crippen molar-refractivity contribution in [3.8, 4) is 16.8 Å². The van der Waals surface area contributed by atoms with E-state index in [1.807, 2.05) is 18.2 Å². The van der Waals surface area contributed by atoms with Crippen LogP contribution in [0.1, 0.15) is 18.4 Å². The van der Waals surface area contributed by atoms with Gasteiger partial charge in [-0.3, -0.25) is 0 Å². The molecule has 0 bridgehead atoms. The minimum Gasteiger partial charge on any atom is -0.381 e. The Labute approximate surface area is 193 Å². The Morgan fingerprint density at radius 2 is 1.82 bits per heavy atom. The van der Waals surface area contributed by atoms with Gasteiger partial charge in [0, 0.05) is 43.0 Å². The third-order valence-corrected chi connectivity index (χ3v) is 7.15. The van der Waals surface area contributed by atoms with Crippen molar-refractivity contribution in [1.82, 2.24) is 14.5 Å². The zero-order chi connectivity index (χ0) is 23.0. The Morgan fingerprint density at radius 3 is 2.52 bits per heavy atom. The lowest BCUT2D eigenvalue weighted by atomic mass is 10.1. The maximum Gasteiger partial charge on any atom is 0.175 e. The van der Waals surface area contributed by atoms with Gasteiger partial charge in [-0.1, -0.05) is 24.3 Å². The van der Waals surface area contributed by atoms with Crippen LogP contribution in [0.4, 0.5) is 5.82 Å². The zero-order valence-electron chi connectivity index (χ0n) is 18.7. The minimum absolute atomic E-state index is 0.277. The summed E-state index contributed by atoms with van der Waals surface area (Å²) < 4.78 is 31.5. The van der Waals surface area contributed by atoms with Crippen LogP contribution < -0.4 is 5.32 Å². The molecule has 2 aromatic carbocycles. The Morgan fingerprint density at radius 1 is 1.06 bits per heavy atom. The molecule has 8 heteroatoms. The van der Waals surface area contributed by atoms with E-state index in [1.165, 1.54) is 6.26 Å². The normalized spacial score (nSPS) is 15.1.